The van der Waals surface area contributed by atoms with E-state index in [1.54, 1.807) is 0 Å². The predicted octanol–water partition coefficient (Wildman–Crippen LogP) is 7.80. The summed E-state index contributed by atoms with van der Waals surface area (Å²) in [5, 5.41) is 10.3. The summed E-state index contributed by atoms with van der Waals surface area (Å²) in [4.78, 5) is 0. The zero-order chi connectivity index (χ0) is 21.7. The van der Waals surface area contributed by atoms with Gasteiger partial charge < -0.3 is 5.11 Å². The summed E-state index contributed by atoms with van der Waals surface area (Å²) >= 11 is 0. The first-order chi connectivity index (χ1) is 14.2. The van der Waals surface area contributed by atoms with E-state index in [1.807, 2.05) is 5.57 Å². The number of hydrogen-bond donors (Lipinski definition) is 1. The van der Waals surface area contributed by atoms with E-state index in [0.717, 1.165) is 42.4 Å². The summed E-state index contributed by atoms with van der Waals surface area (Å²) in [7, 11) is 0. The van der Waals surface area contributed by atoms with E-state index in [-0.39, 0.29) is 6.10 Å². The second-order valence-electron chi connectivity index (χ2n) is 12.5. The van der Waals surface area contributed by atoms with Crippen molar-refractivity contribution in [1.82, 2.24) is 0 Å². The Hall–Kier alpha value is -0.560. The molecule has 0 heterocycles. The van der Waals surface area contributed by atoms with Crippen LogP contribution in [0.2, 0.25) is 0 Å². The minimum Gasteiger partial charge on any atom is -0.393 e. The van der Waals surface area contributed by atoms with Gasteiger partial charge in [-0.25, -0.2) is 0 Å². The fraction of sp³-hybridized carbons (Fsp3) is 0.862. The van der Waals surface area contributed by atoms with Crippen LogP contribution in [-0.4, -0.2) is 11.2 Å². The Balaban J connectivity index is 1.53. The van der Waals surface area contributed by atoms with Crippen molar-refractivity contribution in [2.24, 2.45) is 52.3 Å². The molecule has 170 valence electrons. The molecule has 4 aliphatic rings. The predicted molar refractivity (Wildman–Crippen MR) is 128 cm³/mol. The molecule has 3 fully saturated rings. The fourth-order valence-electron chi connectivity index (χ4n) is 8.68. The van der Waals surface area contributed by atoms with Crippen molar-refractivity contribution in [3.05, 3.63) is 23.8 Å². The molecule has 1 N–H and O–H groups in total. The molecule has 1 unspecified atom stereocenters. The molecule has 30 heavy (non-hydrogen) atoms. The molecule has 0 aromatic carbocycles. The van der Waals surface area contributed by atoms with Crippen molar-refractivity contribution < 1.29 is 5.11 Å². The quantitative estimate of drug-likeness (QED) is 0.457. The van der Waals surface area contributed by atoms with E-state index in [9.17, 15) is 5.11 Å². The third-order valence-electron chi connectivity index (χ3n) is 10.7. The van der Waals surface area contributed by atoms with Crippen LogP contribution in [0.25, 0.3) is 0 Å². The number of rotatable bonds is 5. The van der Waals surface area contributed by atoms with Crippen molar-refractivity contribution >= 4 is 0 Å². The van der Waals surface area contributed by atoms with Crippen LogP contribution < -0.4 is 0 Å². The largest absolute Gasteiger partial charge is 0.393 e. The average Bonchev–Trinajstić information content (AvgIpc) is 3.06. The summed E-state index contributed by atoms with van der Waals surface area (Å²) in [5.74, 6) is 5.32. The molecule has 9 atom stereocenters. The van der Waals surface area contributed by atoms with Crippen LogP contribution in [0.5, 0.6) is 0 Å². The second-order valence-corrected chi connectivity index (χ2v) is 12.5. The summed E-state index contributed by atoms with van der Waals surface area (Å²) < 4.78 is 0. The van der Waals surface area contributed by atoms with Gasteiger partial charge >= 0.3 is 0 Å². The van der Waals surface area contributed by atoms with Crippen LogP contribution in [0.15, 0.2) is 23.8 Å². The lowest BCUT2D eigenvalue weighted by Gasteiger charge is -2.57. The lowest BCUT2D eigenvalue weighted by molar-refractivity contribution is -0.0414. The van der Waals surface area contributed by atoms with E-state index >= 15 is 0 Å². The molecule has 1 heteroatoms. The monoisotopic (exact) mass is 412 g/mol. The lowest BCUT2D eigenvalue weighted by atomic mass is 9.47. The number of allylic oxidation sites excluding steroid dienone is 4. The van der Waals surface area contributed by atoms with Crippen LogP contribution >= 0.6 is 0 Å². The molecule has 0 radical (unpaired) electrons. The Kier molecular flexibility index (Phi) is 6.35. The van der Waals surface area contributed by atoms with Gasteiger partial charge in [-0.2, -0.15) is 0 Å². The number of aliphatic hydroxyl groups is 1. The van der Waals surface area contributed by atoms with Crippen molar-refractivity contribution in [3.8, 4) is 0 Å². The third-order valence-corrected chi connectivity index (χ3v) is 10.7. The van der Waals surface area contributed by atoms with Crippen molar-refractivity contribution in [2.75, 3.05) is 0 Å². The Labute approximate surface area is 186 Å². The summed E-state index contributed by atoms with van der Waals surface area (Å²) in [6.07, 6.45) is 19.2. The Morgan fingerprint density at radius 2 is 1.70 bits per heavy atom. The maximum atomic E-state index is 10.3. The van der Waals surface area contributed by atoms with Gasteiger partial charge in [0.15, 0.2) is 0 Å². The molecule has 4 aliphatic carbocycles. The Bertz CT molecular complexity index is 674. The van der Waals surface area contributed by atoms with E-state index in [4.69, 9.17) is 0 Å². The fourth-order valence-corrected chi connectivity index (χ4v) is 8.68. The van der Waals surface area contributed by atoms with Gasteiger partial charge in [0.2, 0.25) is 0 Å². The van der Waals surface area contributed by atoms with E-state index in [1.165, 1.54) is 44.9 Å². The van der Waals surface area contributed by atoms with Crippen molar-refractivity contribution in [3.63, 3.8) is 0 Å². The van der Waals surface area contributed by atoms with Crippen LogP contribution in [-0.2, 0) is 0 Å². The van der Waals surface area contributed by atoms with Gasteiger partial charge in [-0.1, -0.05) is 65.3 Å². The van der Waals surface area contributed by atoms with Gasteiger partial charge in [0.1, 0.15) is 0 Å². The molecular formula is C29H48O. The average molecular weight is 413 g/mol. The molecule has 0 aromatic heterocycles. The molecule has 4 rings (SSSR count). The topological polar surface area (TPSA) is 20.2 Å². The number of aliphatic hydroxyl groups excluding tert-OH is 1. The molecule has 0 amide bonds. The second kappa shape index (κ2) is 8.42. The van der Waals surface area contributed by atoms with Crippen molar-refractivity contribution in [1.29, 1.82) is 0 Å². The van der Waals surface area contributed by atoms with E-state index < -0.39 is 0 Å². The first-order valence-corrected chi connectivity index (χ1v) is 13.3. The maximum absolute atomic E-state index is 10.3. The highest BCUT2D eigenvalue weighted by atomic mass is 16.3. The molecule has 3 saturated carbocycles. The van der Waals surface area contributed by atoms with Gasteiger partial charge in [0.25, 0.3) is 0 Å². The normalized spacial score (nSPS) is 45.6. The molecule has 0 spiro atoms. The first kappa shape index (κ1) is 22.6. The lowest BCUT2D eigenvalue weighted by Crippen LogP contribution is -2.49. The number of hydrogen-bond acceptors (Lipinski definition) is 1. The zero-order valence-corrected chi connectivity index (χ0v) is 20.7. The van der Waals surface area contributed by atoms with Crippen molar-refractivity contribution in [2.45, 2.75) is 105 Å². The highest BCUT2D eigenvalue weighted by Gasteiger charge is 2.57. The Morgan fingerprint density at radius 3 is 2.40 bits per heavy atom. The summed E-state index contributed by atoms with van der Waals surface area (Å²) in [5.41, 5.74) is 2.79. The molecular weight excluding hydrogens is 364 g/mol. The van der Waals surface area contributed by atoms with Gasteiger partial charge in [-0.05, 0) is 110 Å². The van der Waals surface area contributed by atoms with Gasteiger partial charge in [-0.3, -0.25) is 0 Å². The van der Waals surface area contributed by atoms with Crippen LogP contribution in [0.1, 0.15) is 99.3 Å². The van der Waals surface area contributed by atoms with Crippen LogP contribution in [0, 0.1) is 52.3 Å². The van der Waals surface area contributed by atoms with Crippen LogP contribution in [0.3, 0.4) is 0 Å². The number of fused-ring (bicyclic) bond motifs is 5. The van der Waals surface area contributed by atoms with E-state index in [2.05, 4.69) is 59.8 Å². The van der Waals surface area contributed by atoms with Gasteiger partial charge in [0.05, 0.1) is 6.10 Å². The summed E-state index contributed by atoms with van der Waals surface area (Å²) in [6, 6.07) is 0. The summed E-state index contributed by atoms with van der Waals surface area (Å²) in [6.45, 7) is 14.8. The Morgan fingerprint density at radius 1 is 1.00 bits per heavy atom. The smallest absolute Gasteiger partial charge is 0.0543 e. The molecule has 0 bridgehead atoms. The minimum absolute atomic E-state index is 0.0480. The minimum atomic E-state index is -0.0480. The van der Waals surface area contributed by atoms with E-state index in [0.29, 0.717) is 22.7 Å². The maximum Gasteiger partial charge on any atom is 0.0543 e. The molecule has 0 saturated heterocycles. The highest BCUT2D eigenvalue weighted by molar-refractivity contribution is 5.28. The third kappa shape index (κ3) is 3.66. The first-order valence-electron chi connectivity index (χ1n) is 13.3. The SMILES string of the molecule is CC[C@H](/C=C/[C@@H](C)[C@H]1CC[C@H]2C3=CCC4C[C@@H](O)CC[C@]4(C)[C@H]3CC[C@]12C)C(C)C. The van der Waals surface area contributed by atoms with Gasteiger partial charge in [0, 0.05) is 0 Å². The zero-order valence-electron chi connectivity index (χ0n) is 20.7. The highest BCUT2D eigenvalue weighted by Crippen LogP contribution is 2.66. The van der Waals surface area contributed by atoms with Crippen LogP contribution in [0.4, 0.5) is 0 Å². The molecule has 0 aliphatic heterocycles. The molecule has 0 aromatic rings. The van der Waals surface area contributed by atoms with Gasteiger partial charge in [-0.15, -0.1) is 0 Å². The molecule has 1 nitrogen and oxygen atoms in total. The standard InChI is InChI=1S/C29H48O/c1-7-21(19(2)3)9-8-20(4)25-12-13-26-24-11-10-22-18-23(30)14-16-28(22,5)27(24)15-17-29(25,26)6/h8-9,11,19-23,25-27,30H,7,10,12-18H2,1-6H3/b9-8+/t20-,21-,22?,23+,25-,26+,27+,28+,29-/m1/s1.